The van der Waals surface area contributed by atoms with E-state index in [0.29, 0.717) is 0 Å². The van der Waals surface area contributed by atoms with E-state index in [1.54, 1.807) is 0 Å². The molecule has 0 saturated heterocycles. The number of carbonyl (C=O) groups excluding carboxylic acids is 1. The van der Waals surface area contributed by atoms with Crippen LogP contribution in [0.15, 0.2) is 0 Å². The molecule has 0 aromatic carbocycles. The van der Waals surface area contributed by atoms with E-state index in [1.807, 2.05) is 0 Å². The van der Waals surface area contributed by atoms with E-state index in [4.69, 9.17) is 5.11 Å². The lowest BCUT2D eigenvalue weighted by atomic mass is 10.2. The molecular formula is C9H17NO6S. The molecule has 0 spiro atoms. The van der Waals surface area contributed by atoms with Crippen LogP contribution in [0.2, 0.25) is 0 Å². The largest absolute Gasteiger partial charge is 0.480 e. The topological polar surface area (TPSA) is 101 Å². The van der Waals surface area contributed by atoms with E-state index in [2.05, 4.69) is 4.74 Å². The van der Waals surface area contributed by atoms with Gasteiger partial charge in [0, 0.05) is 13.6 Å². The quantitative estimate of drug-likeness (QED) is 0.653. The monoisotopic (exact) mass is 267 g/mol. The number of methoxy groups -OCH3 is 1. The summed E-state index contributed by atoms with van der Waals surface area (Å²) in [6.45, 7) is 2.47. The summed E-state index contributed by atoms with van der Waals surface area (Å²) in [4.78, 5) is 21.7. The number of carbonyl (C=O) groups is 2. The van der Waals surface area contributed by atoms with Gasteiger partial charge in [-0.15, -0.1) is 0 Å². The van der Waals surface area contributed by atoms with Gasteiger partial charge < -0.3 is 9.84 Å². The minimum atomic E-state index is -3.95. The first kappa shape index (κ1) is 15.9. The Morgan fingerprint density at radius 1 is 1.35 bits per heavy atom. The molecule has 2 atom stereocenters. The molecule has 0 saturated carbocycles. The average Bonchev–Trinajstić information content (AvgIpc) is 2.26. The number of rotatable bonds is 6. The van der Waals surface area contributed by atoms with E-state index < -0.39 is 33.1 Å². The van der Waals surface area contributed by atoms with Crippen LogP contribution in [-0.2, 0) is 24.3 Å². The first-order valence-electron chi connectivity index (χ1n) is 4.90. The van der Waals surface area contributed by atoms with Gasteiger partial charge in [0.25, 0.3) is 0 Å². The molecule has 0 fully saturated rings. The summed E-state index contributed by atoms with van der Waals surface area (Å²) in [6, 6.07) is 0. The van der Waals surface area contributed by atoms with E-state index in [0.717, 1.165) is 11.2 Å². The van der Waals surface area contributed by atoms with Crippen molar-refractivity contribution in [1.29, 1.82) is 0 Å². The highest BCUT2D eigenvalue weighted by Crippen LogP contribution is 2.10. The summed E-state index contributed by atoms with van der Waals surface area (Å²) in [6.07, 6.45) is 0. The van der Waals surface area contributed by atoms with E-state index >= 15 is 0 Å². The van der Waals surface area contributed by atoms with Gasteiger partial charge >= 0.3 is 11.9 Å². The molecule has 8 heteroatoms. The van der Waals surface area contributed by atoms with Crippen LogP contribution in [0.4, 0.5) is 0 Å². The number of aliphatic carboxylic acids is 1. The van der Waals surface area contributed by atoms with Gasteiger partial charge in [0.15, 0.2) is 5.25 Å². The Hall–Kier alpha value is -1.15. The van der Waals surface area contributed by atoms with Crippen molar-refractivity contribution in [1.82, 2.24) is 4.31 Å². The highest BCUT2D eigenvalue weighted by Gasteiger charge is 2.33. The number of esters is 1. The summed E-state index contributed by atoms with van der Waals surface area (Å²) in [7, 11) is -1.52. The third-order valence-corrected chi connectivity index (χ3v) is 4.48. The molecule has 0 aliphatic carbocycles. The molecule has 0 aromatic heterocycles. The lowest BCUT2D eigenvalue weighted by Gasteiger charge is -2.21. The van der Waals surface area contributed by atoms with Crippen LogP contribution in [0, 0.1) is 5.92 Å². The zero-order chi connectivity index (χ0) is 13.8. The molecule has 17 heavy (non-hydrogen) atoms. The number of nitrogens with zero attached hydrogens (tertiary/aromatic N) is 1. The molecule has 0 radical (unpaired) electrons. The smallest absolute Gasteiger partial charge is 0.323 e. The van der Waals surface area contributed by atoms with Crippen LogP contribution < -0.4 is 0 Å². The van der Waals surface area contributed by atoms with Crippen LogP contribution in [0.5, 0.6) is 0 Å². The molecule has 1 N–H and O–H groups in total. The highest BCUT2D eigenvalue weighted by atomic mass is 32.2. The van der Waals surface area contributed by atoms with Gasteiger partial charge in [-0.05, 0) is 6.92 Å². The van der Waals surface area contributed by atoms with Crippen molar-refractivity contribution in [2.24, 2.45) is 5.92 Å². The second-order valence-electron chi connectivity index (χ2n) is 3.73. The predicted molar refractivity (Wildman–Crippen MR) is 59.8 cm³/mol. The van der Waals surface area contributed by atoms with E-state index in [1.165, 1.54) is 21.1 Å². The lowest BCUT2D eigenvalue weighted by Crippen LogP contribution is -2.41. The highest BCUT2D eigenvalue weighted by molar-refractivity contribution is 7.90. The Kier molecular flexibility index (Phi) is 5.56. The first-order chi connectivity index (χ1) is 7.64. The van der Waals surface area contributed by atoms with E-state index in [-0.39, 0.29) is 6.54 Å². The normalized spacial score (nSPS) is 15.4. The standard InChI is InChI=1S/C9H17NO6S/c1-6(9(13)16-4)5-10(3)17(14,15)7(2)8(11)12/h6-7H,5H2,1-4H3,(H,11,12). The van der Waals surface area contributed by atoms with Gasteiger partial charge in [-0.25, -0.2) is 12.7 Å². The molecule has 0 heterocycles. The van der Waals surface area contributed by atoms with Crippen molar-refractivity contribution in [3.8, 4) is 0 Å². The Morgan fingerprint density at radius 3 is 2.18 bits per heavy atom. The van der Waals surface area contributed by atoms with Gasteiger partial charge in [-0.1, -0.05) is 6.92 Å². The Balaban J connectivity index is 4.77. The van der Waals surface area contributed by atoms with Gasteiger partial charge in [0.2, 0.25) is 10.0 Å². The summed E-state index contributed by atoms with van der Waals surface area (Å²) >= 11 is 0. The SMILES string of the molecule is COC(=O)C(C)CN(C)S(=O)(=O)C(C)C(=O)O. The van der Waals surface area contributed by atoms with Crippen LogP contribution in [-0.4, -0.2) is 55.7 Å². The van der Waals surface area contributed by atoms with Crippen molar-refractivity contribution >= 4 is 22.0 Å². The summed E-state index contributed by atoms with van der Waals surface area (Å²) < 4.78 is 28.7. The Labute approximate surface area is 100 Å². The zero-order valence-corrected chi connectivity index (χ0v) is 11.0. The number of hydrogen-bond donors (Lipinski definition) is 1. The van der Waals surface area contributed by atoms with Crippen LogP contribution in [0.3, 0.4) is 0 Å². The van der Waals surface area contributed by atoms with Crippen molar-refractivity contribution in [3.63, 3.8) is 0 Å². The minimum Gasteiger partial charge on any atom is -0.480 e. The summed E-state index contributed by atoms with van der Waals surface area (Å²) in [5, 5.41) is 7.11. The molecular weight excluding hydrogens is 250 g/mol. The third-order valence-electron chi connectivity index (χ3n) is 2.36. The van der Waals surface area contributed by atoms with Crippen molar-refractivity contribution < 1.29 is 27.9 Å². The second-order valence-corrected chi connectivity index (χ2v) is 6.09. The average molecular weight is 267 g/mol. The fourth-order valence-electron chi connectivity index (χ4n) is 1.16. The van der Waals surface area contributed by atoms with Crippen LogP contribution >= 0.6 is 0 Å². The molecule has 0 aliphatic rings. The molecule has 0 aliphatic heterocycles. The predicted octanol–water partition coefficient (Wildman–Crippen LogP) is -0.470. The second kappa shape index (κ2) is 5.97. The summed E-state index contributed by atoms with van der Waals surface area (Å²) in [5.74, 6) is -2.63. The van der Waals surface area contributed by atoms with E-state index in [9.17, 15) is 18.0 Å². The Morgan fingerprint density at radius 2 is 1.82 bits per heavy atom. The fraction of sp³-hybridized carbons (Fsp3) is 0.778. The van der Waals surface area contributed by atoms with Crippen molar-refractivity contribution in [2.75, 3.05) is 20.7 Å². The third kappa shape index (κ3) is 3.97. The molecule has 7 nitrogen and oxygen atoms in total. The number of hydrogen-bond acceptors (Lipinski definition) is 5. The zero-order valence-electron chi connectivity index (χ0n) is 10.2. The van der Waals surface area contributed by atoms with Crippen molar-refractivity contribution in [2.45, 2.75) is 19.1 Å². The van der Waals surface area contributed by atoms with Crippen LogP contribution in [0.1, 0.15) is 13.8 Å². The maximum atomic E-state index is 11.7. The number of carboxylic acids is 1. The maximum Gasteiger partial charge on any atom is 0.323 e. The minimum absolute atomic E-state index is 0.118. The summed E-state index contributed by atoms with van der Waals surface area (Å²) in [5.41, 5.74) is 0. The molecule has 0 amide bonds. The Bertz CT molecular complexity index is 390. The molecule has 0 rings (SSSR count). The number of carboxylic acid groups (broad SMARTS) is 1. The molecule has 0 aromatic rings. The van der Waals surface area contributed by atoms with Crippen molar-refractivity contribution in [3.05, 3.63) is 0 Å². The maximum absolute atomic E-state index is 11.7. The number of ether oxygens (including phenoxy) is 1. The van der Waals surface area contributed by atoms with Crippen LogP contribution in [0.25, 0.3) is 0 Å². The molecule has 100 valence electrons. The lowest BCUT2D eigenvalue weighted by molar-refractivity contribution is -0.145. The van der Waals surface area contributed by atoms with Gasteiger partial charge in [-0.3, -0.25) is 9.59 Å². The van der Waals surface area contributed by atoms with Gasteiger partial charge in [0.05, 0.1) is 13.0 Å². The fourth-order valence-corrected chi connectivity index (χ4v) is 2.39. The number of sulfonamides is 1. The molecule has 0 bridgehead atoms. The first-order valence-corrected chi connectivity index (χ1v) is 6.40. The van der Waals surface area contributed by atoms with Gasteiger partial charge in [0.1, 0.15) is 0 Å². The van der Waals surface area contributed by atoms with Gasteiger partial charge in [-0.2, -0.15) is 0 Å². The molecule has 2 unspecified atom stereocenters.